The Labute approximate surface area is 140 Å². The minimum atomic E-state index is -0.331. The Hall–Kier alpha value is -2.47. The fourth-order valence-corrected chi connectivity index (χ4v) is 2.95. The molecular formula is C18H20FN3O2. The van der Waals surface area contributed by atoms with Crippen LogP contribution in [0.25, 0.3) is 0 Å². The van der Waals surface area contributed by atoms with E-state index in [9.17, 15) is 14.4 Å². The molecule has 1 aromatic carbocycles. The van der Waals surface area contributed by atoms with Crippen LogP contribution in [-0.4, -0.2) is 29.9 Å². The van der Waals surface area contributed by atoms with Crippen molar-refractivity contribution < 1.29 is 13.9 Å². The monoisotopic (exact) mass is 329 g/mol. The molecule has 5 nitrogen and oxygen atoms in total. The number of benzene rings is 1. The molecule has 0 bridgehead atoms. The lowest BCUT2D eigenvalue weighted by Crippen LogP contribution is -2.47. The van der Waals surface area contributed by atoms with Crippen LogP contribution in [0.15, 0.2) is 48.7 Å². The number of amides is 1. The quantitative estimate of drug-likeness (QED) is 0.688. The van der Waals surface area contributed by atoms with Crippen LogP contribution >= 0.6 is 0 Å². The Kier molecular flexibility index (Phi) is 5.05. The van der Waals surface area contributed by atoms with Crippen molar-refractivity contribution in [2.75, 3.05) is 13.1 Å². The summed E-state index contributed by atoms with van der Waals surface area (Å²) in [6.45, 7) is 2.49. The van der Waals surface area contributed by atoms with Gasteiger partial charge in [-0.3, -0.25) is 9.69 Å². The number of hydrogen-bond donors (Lipinski definition) is 1. The van der Waals surface area contributed by atoms with Crippen molar-refractivity contribution in [2.24, 2.45) is 0 Å². The molecule has 1 saturated heterocycles. The summed E-state index contributed by atoms with van der Waals surface area (Å²) in [6, 6.07) is 11.4. The molecule has 1 N–H and O–H groups in total. The van der Waals surface area contributed by atoms with Gasteiger partial charge in [0.25, 0.3) is 5.69 Å². The van der Waals surface area contributed by atoms with Crippen molar-refractivity contribution in [3.05, 3.63) is 70.9 Å². The Bertz CT molecular complexity index is 698. The highest BCUT2D eigenvalue weighted by Gasteiger charge is 2.23. The minimum Gasteiger partial charge on any atom is -0.618 e. The number of carbonyl (C=O) groups is 1. The highest BCUT2D eigenvalue weighted by atomic mass is 19.1. The molecule has 1 amide bonds. The van der Waals surface area contributed by atoms with Gasteiger partial charge in [0.1, 0.15) is 5.82 Å². The molecule has 0 radical (unpaired) electrons. The Morgan fingerprint density at radius 3 is 2.58 bits per heavy atom. The molecule has 0 spiro atoms. The van der Waals surface area contributed by atoms with Gasteiger partial charge in [-0.25, -0.2) is 4.39 Å². The Balaban J connectivity index is 1.49. The summed E-state index contributed by atoms with van der Waals surface area (Å²) >= 11 is 0. The van der Waals surface area contributed by atoms with E-state index >= 15 is 0 Å². The minimum absolute atomic E-state index is 0.0715. The smallest absolute Gasteiger partial charge is 0.317 e. The van der Waals surface area contributed by atoms with E-state index in [1.807, 2.05) is 0 Å². The number of halogens is 1. The first-order valence-corrected chi connectivity index (χ1v) is 8.07. The zero-order valence-corrected chi connectivity index (χ0v) is 13.3. The van der Waals surface area contributed by atoms with Crippen molar-refractivity contribution in [3.8, 4) is 0 Å². The molecule has 1 aromatic heterocycles. The van der Waals surface area contributed by atoms with Crippen LogP contribution in [0.1, 0.15) is 28.9 Å². The lowest BCUT2D eigenvalue weighted by molar-refractivity contribution is -0.607. The van der Waals surface area contributed by atoms with Gasteiger partial charge < -0.3 is 10.5 Å². The second kappa shape index (κ2) is 7.40. The number of rotatable bonds is 4. The van der Waals surface area contributed by atoms with E-state index in [0.717, 1.165) is 38.0 Å². The summed E-state index contributed by atoms with van der Waals surface area (Å²) in [5.74, 6) is -0.556. The maximum Gasteiger partial charge on any atom is 0.317 e. The third-order valence-corrected chi connectivity index (χ3v) is 4.30. The van der Waals surface area contributed by atoms with Gasteiger partial charge in [0.2, 0.25) is 0 Å². The number of aromatic nitrogens is 1. The van der Waals surface area contributed by atoms with E-state index in [1.54, 1.807) is 24.3 Å². The van der Waals surface area contributed by atoms with E-state index in [-0.39, 0.29) is 23.5 Å². The normalized spacial score (nSPS) is 16.0. The summed E-state index contributed by atoms with van der Waals surface area (Å²) < 4.78 is 13.5. The van der Waals surface area contributed by atoms with Gasteiger partial charge in [0.05, 0.1) is 0 Å². The molecule has 126 valence electrons. The molecule has 3 rings (SSSR count). The second-order valence-corrected chi connectivity index (χ2v) is 6.06. The summed E-state index contributed by atoms with van der Waals surface area (Å²) in [5.41, 5.74) is 1.20. The lowest BCUT2D eigenvalue weighted by Gasteiger charge is -2.32. The number of piperidine rings is 1. The number of carbonyl (C=O) groups excluding carboxylic acids is 1. The first-order chi connectivity index (χ1) is 11.6. The van der Waals surface area contributed by atoms with Gasteiger partial charge in [-0.2, -0.15) is 4.73 Å². The summed E-state index contributed by atoms with van der Waals surface area (Å²) in [7, 11) is 0. The zero-order valence-electron chi connectivity index (χ0n) is 13.3. The Morgan fingerprint density at radius 2 is 1.92 bits per heavy atom. The van der Waals surface area contributed by atoms with Gasteiger partial charge in [-0.15, -0.1) is 0 Å². The van der Waals surface area contributed by atoms with Crippen LogP contribution in [-0.2, 0) is 6.54 Å². The zero-order chi connectivity index (χ0) is 16.9. The van der Waals surface area contributed by atoms with Crippen molar-refractivity contribution in [3.63, 3.8) is 0 Å². The van der Waals surface area contributed by atoms with Crippen LogP contribution in [0.5, 0.6) is 0 Å². The maximum atomic E-state index is 12.9. The van der Waals surface area contributed by atoms with Gasteiger partial charge in [-0.05, 0) is 36.6 Å². The molecule has 0 unspecified atom stereocenters. The van der Waals surface area contributed by atoms with Crippen LogP contribution < -0.4 is 10.0 Å². The largest absolute Gasteiger partial charge is 0.618 e. The fraction of sp³-hybridized carbons (Fsp3) is 0.333. The number of pyridine rings is 1. The topological polar surface area (TPSA) is 59.3 Å². The second-order valence-electron chi connectivity index (χ2n) is 6.06. The van der Waals surface area contributed by atoms with Crippen molar-refractivity contribution >= 4 is 5.91 Å². The van der Waals surface area contributed by atoms with Crippen LogP contribution in [0.2, 0.25) is 0 Å². The molecule has 1 aliphatic rings. The molecule has 0 saturated carbocycles. The van der Waals surface area contributed by atoms with E-state index in [1.165, 1.54) is 24.4 Å². The number of nitrogens with one attached hydrogen (secondary N) is 1. The molecule has 1 fully saturated rings. The first kappa shape index (κ1) is 16.4. The average Bonchev–Trinajstić information content (AvgIpc) is 2.59. The van der Waals surface area contributed by atoms with Gasteiger partial charge >= 0.3 is 5.91 Å². The van der Waals surface area contributed by atoms with Crippen LogP contribution in [0.4, 0.5) is 4.39 Å². The molecule has 2 aromatic rings. The molecule has 0 atom stereocenters. The predicted octanol–water partition coefficient (Wildman–Crippen LogP) is 1.85. The predicted molar refractivity (Wildman–Crippen MR) is 87.6 cm³/mol. The van der Waals surface area contributed by atoms with Crippen LogP contribution in [0, 0.1) is 11.0 Å². The number of likely N-dealkylation sites (tertiary alicyclic amines) is 1. The third-order valence-electron chi connectivity index (χ3n) is 4.30. The highest BCUT2D eigenvalue weighted by Crippen LogP contribution is 2.14. The molecule has 6 heteroatoms. The lowest BCUT2D eigenvalue weighted by atomic mass is 10.0. The summed E-state index contributed by atoms with van der Waals surface area (Å²) in [4.78, 5) is 14.4. The molecule has 0 aliphatic carbocycles. The highest BCUT2D eigenvalue weighted by molar-refractivity contribution is 5.91. The molecule has 24 heavy (non-hydrogen) atoms. The van der Waals surface area contributed by atoms with Crippen molar-refractivity contribution in [1.29, 1.82) is 0 Å². The van der Waals surface area contributed by atoms with Gasteiger partial charge in [0, 0.05) is 37.8 Å². The van der Waals surface area contributed by atoms with Crippen LogP contribution in [0.3, 0.4) is 0 Å². The summed E-state index contributed by atoms with van der Waals surface area (Å²) in [5, 5.41) is 14.5. The molecule has 2 heterocycles. The SMILES string of the molecule is O=C(NC1CCN(Cc2ccc(F)cc2)CC1)c1cccc[n+]1[O-]. The molecular weight excluding hydrogens is 309 g/mol. The van der Waals surface area contributed by atoms with E-state index in [2.05, 4.69) is 10.2 Å². The fourth-order valence-electron chi connectivity index (χ4n) is 2.95. The number of nitrogens with zero attached hydrogens (tertiary/aromatic N) is 2. The average molecular weight is 329 g/mol. The summed E-state index contributed by atoms with van der Waals surface area (Å²) in [6.07, 6.45) is 2.98. The van der Waals surface area contributed by atoms with Crippen molar-refractivity contribution in [1.82, 2.24) is 10.2 Å². The van der Waals surface area contributed by atoms with E-state index in [4.69, 9.17) is 0 Å². The number of hydrogen-bond acceptors (Lipinski definition) is 3. The van der Waals surface area contributed by atoms with Gasteiger partial charge in [-0.1, -0.05) is 12.1 Å². The van der Waals surface area contributed by atoms with E-state index in [0.29, 0.717) is 4.73 Å². The molecule has 1 aliphatic heterocycles. The Morgan fingerprint density at radius 1 is 1.21 bits per heavy atom. The first-order valence-electron chi connectivity index (χ1n) is 8.07. The van der Waals surface area contributed by atoms with E-state index < -0.39 is 0 Å². The third kappa shape index (κ3) is 4.08. The maximum absolute atomic E-state index is 12.9. The van der Waals surface area contributed by atoms with Gasteiger partial charge in [0.15, 0.2) is 6.20 Å². The standard InChI is InChI=1S/C18H20FN3O2/c19-15-6-4-14(5-7-15)13-21-11-8-16(9-12-21)20-18(23)17-3-1-2-10-22(17)24/h1-7,10,16H,8-9,11-13H2,(H,20,23). The van der Waals surface area contributed by atoms with Crippen molar-refractivity contribution in [2.45, 2.75) is 25.4 Å².